The van der Waals surface area contributed by atoms with Gasteiger partial charge in [0.15, 0.2) is 0 Å². The molecule has 0 radical (unpaired) electrons. The summed E-state index contributed by atoms with van der Waals surface area (Å²) in [5.74, 6) is -0.276. The van der Waals surface area contributed by atoms with Crippen LogP contribution in [0.3, 0.4) is 0 Å². The minimum absolute atomic E-state index is 0.175. The van der Waals surface area contributed by atoms with Gasteiger partial charge in [-0.2, -0.15) is 0 Å². The molecule has 1 aromatic carbocycles. The molecular formula is C16H24FNO3. The fourth-order valence-corrected chi connectivity index (χ4v) is 2.54. The van der Waals surface area contributed by atoms with E-state index in [4.69, 9.17) is 9.47 Å². The topological polar surface area (TPSA) is 41.9 Å². The Balaban J connectivity index is 1.70. The van der Waals surface area contributed by atoms with Crippen molar-refractivity contribution in [3.05, 3.63) is 35.6 Å². The number of aliphatic hydroxyl groups is 1. The molecule has 0 amide bonds. The summed E-state index contributed by atoms with van der Waals surface area (Å²) >= 11 is 0. The van der Waals surface area contributed by atoms with Crippen molar-refractivity contribution in [3.8, 4) is 0 Å². The Bertz CT molecular complexity index is 453. The maximum absolute atomic E-state index is 13.4. The van der Waals surface area contributed by atoms with Crippen molar-refractivity contribution >= 4 is 0 Å². The van der Waals surface area contributed by atoms with Crippen LogP contribution in [0.1, 0.15) is 19.4 Å². The Morgan fingerprint density at radius 2 is 2.19 bits per heavy atom. The van der Waals surface area contributed by atoms with Crippen LogP contribution in [0.15, 0.2) is 24.3 Å². The van der Waals surface area contributed by atoms with Gasteiger partial charge in [-0.05, 0) is 19.9 Å². The van der Waals surface area contributed by atoms with Gasteiger partial charge in [-0.3, -0.25) is 4.90 Å². The first-order chi connectivity index (χ1) is 9.96. The molecule has 4 nitrogen and oxygen atoms in total. The smallest absolute Gasteiger partial charge is 0.128 e. The number of rotatable bonds is 6. The number of halogens is 1. The van der Waals surface area contributed by atoms with Crippen LogP contribution in [-0.4, -0.2) is 54.6 Å². The van der Waals surface area contributed by atoms with Crippen molar-refractivity contribution in [2.45, 2.75) is 32.2 Å². The van der Waals surface area contributed by atoms with Gasteiger partial charge in [0.2, 0.25) is 0 Å². The standard InChI is InChI=1S/C16H24FNO3/c1-16(2)12-18(7-8-21-16)9-14(19)11-20-10-13-5-3-4-6-15(13)17/h3-6,14,19H,7-12H2,1-2H3. The molecule has 1 saturated heterocycles. The highest BCUT2D eigenvalue weighted by Crippen LogP contribution is 2.16. The van der Waals surface area contributed by atoms with E-state index in [1.165, 1.54) is 6.07 Å². The average Bonchev–Trinajstić information content (AvgIpc) is 2.40. The largest absolute Gasteiger partial charge is 0.389 e. The van der Waals surface area contributed by atoms with E-state index in [1.807, 2.05) is 13.8 Å². The molecular weight excluding hydrogens is 273 g/mol. The quantitative estimate of drug-likeness (QED) is 0.869. The SMILES string of the molecule is CC1(C)CN(CC(O)COCc2ccccc2F)CCO1. The number of hydrogen-bond acceptors (Lipinski definition) is 4. The molecule has 5 heteroatoms. The van der Waals surface area contributed by atoms with Crippen LogP contribution in [0.5, 0.6) is 0 Å². The maximum Gasteiger partial charge on any atom is 0.128 e. The second-order valence-electron chi connectivity index (χ2n) is 6.10. The minimum Gasteiger partial charge on any atom is -0.389 e. The molecule has 0 aliphatic carbocycles. The lowest BCUT2D eigenvalue weighted by atomic mass is 10.1. The normalized spacial score (nSPS) is 20.4. The van der Waals surface area contributed by atoms with Crippen LogP contribution in [0.25, 0.3) is 0 Å². The number of nitrogens with zero attached hydrogens (tertiary/aromatic N) is 1. The second kappa shape index (κ2) is 7.31. The van der Waals surface area contributed by atoms with Gasteiger partial charge in [-0.25, -0.2) is 4.39 Å². The first-order valence-electron chi connectivity index (χ1n) is 7.32. The molecule has 2 rings (SSSR count). The summed E-state index contributed by atoms with van der Waals surface area (Å²) in [5.41, 5.74) is 0.337. The van der Waals surface area contributed by atoms with Crippen LogP contribution in [-0.2, 0) is 16.1 Å². The molecule has 1 aliphatic heterocycles. The summed E-state index contributed by atoms with van der Waals surface area (Å²) in [6.45, 7) is 7.29. The van der Waals surface area contributed by atoms with Crippen molar-refractivity contribution < 1.29 is 19.0 Å². The van der Waals surface area contributed by atoms with E-state index in [-0.39, 0.29) is 24.6 Å². The second-order valence-corrected chi connectivity index (χ2v) is 6.10. The van der Waals surface area contributed by atoms with Crippen molar-refractivity contribution in [2.75, 3.05) is 32.8 Å². The van der Waals surface area contributed by atoms with Gasteiger partial charge in [-0.1, -0.05) is 18.2 Å². The zero-order valence-corrected chi connectivity index (χ0v) is 12.7. The van der Waals surface area contributed by atoms with Crippen molar-refractivity contribution in [1.82, 2.24) is 4.90 Å². The predicted octanol–water partition coefficient (Wildman–Crippen LogP) is 1.81. The van der Waals surface area contributed by atoms with Crippen LogP contribution in [0.2, 0.25) is 0 Å². The Morgan fingerprint density at radius 1 is 1.43 bits per heavy atom. The summed E-state index contributed by atoms with van der Waals surface area (Å²) in [4.78, 5) is 2.17. The Morgan fingerprint density at radius 3 is 2.90 bits per heavy atom. The molecule has 0 spiro atoms. The van der Waals surface area contributed by atoms with E-state index in [0.29, 0.717) is 18.7 Å². The van der Waals surface area contributed by atoms with E-state index in [0.717, 1.165) is 13.1 Å². The summed E-state index contributed by atoms with van der Waals surface area (Å²) in [6.07, 6.45) is -0.578. The van der Waals surface area contributed by atoms with Gasteiger partial charge in [0.1, 0.15) is 5.82 Å². The number of benzene rings is 1. The molecule has 0 aromatic heterocycles. The first kappa shape index (κ1) is 16.4. The van der Waals surface area contributed by atoms with E-state index in [1.54, 1.807) is 18.2 Å². The van der Waals surface area contributed by atoms with Gasteiger partial charge < -0.3 is 14.6 Å². The fraction of sp³-hybridized carbons (Fsp3) is 0.625. The Kier molecular flexibility index (Phi) is 5.70. The molecule has 0 saturated carbocycles. The molecule has 118 valence electrons. The molecule has 1 fully saturated rings. The fourth-order valence-electron chi connectivity index (χ4n) is 2.54. The molecule has 1 aromatic rings. The zero-order valence-electron chi connectivity index (χ0n) is 12.7. The number of β-amino-alcohol motifs (C(OH)–C–C–N with tert-alkyl or cyclic N) is 1. The van der Waals surface area contributed by atoms with Crippen molar-refractivity contribution in [3.63, 3.8) is 0 Å². The zero-order chi connectivity index (χ0) is 15.3. The lowest BCUT2D eigenvalue weighted by Crippen LogP contribution is -2.50. The van der Waals surface area contributed by atoms with Crippen molar-refractivity contribution in [2.24, 2.45) is 0 Å². The van der Waals surface area contributed by atoms with Crippen LogP contribution >= 0.6 is 0 Å². The average molecular weight is 297 g/mol. The highest BCUT2D eigenvalue weighted by molar-refractivity contribution is 5.16. The number of hydrogen-bond donors (Lipinski definition) is 1. The summed E-state index contributed by atoms with van der Waals surface area (Å²) in [7, 11) is 0. The molecule has 21 heavy (non-hydrogen) atoms. The molecule has 1 heterocycles. The van der Waals surface area contributed by atoms with Gasteiger partial charge in [0, 0.05) is 25.2 Å². The monoisotopic (exact) mass is 297 g/mol. The number of aliphatic hydroxyl groups excluding tert-OH is 1. The predicted molar refractivity (Wildman–Crippen MR) is 78.5 cm³/mol. The molecule has 1 atom stereocenters. The van der Waals surface area contributed by atoms with Crippen LogP contribution in [0.4, 0.5) is 4.39 Å². The number of morpholine rings is 1. The Labute approximate surface area is 125 Å². The van der Waals surface area contributed by atoms with Gasteiger partial charge in [0.25, 0.3) is 0 Å². The molecule has 0 bridgehead atoms. The summed E-state index contributed by atoms with van der Waals surface area (Å²) < 4.78 is 24.4. The lowest BCUT2D eigenvalue weighted by Gasteiger charge is -2.38. The molecule has 1 unspecified atom stereocenters. The van der Waals surface area contributed by atoms with Gasteiger partial charge in [-0.15, -0.1) is 0 Å². The van der Waals surface area contributed by atoms with E-state index in [9.17, 15) is 9.50 Å². The van der Waals surface area contributed by atoms with Crippen molar-refractivity contribution in [1.29, 1.82) is 0 Å². The number of ether oxygens (including phenoxy) is 2. The lowest BCUT2D eigenvalue weighted by molar-refractivity contribution is -0.0976. The van der Waals surface area contributed by atoms with E-state index in [2.05, 4.69) is 4.90 Å². The maximum atomic E-state index is 13.4. The highest BCUT2D eigenvalue weighted by Gasteiger charge is 2.28. The minimum atomic E-state index is -0.578. The first-order valence-corrected chi connectivity index (χ1v) is 7.32. The Hall–Kier alpha value is -1.01. The van der Waals surface area contributed by atoms with Gasteiger partial charge >= 0.3 is 0 Å². The van der Waals surface area contributed by atoms with E-state index < -0.39 is 6.10 Å². The van der Waals surface area contributed by atoms with Gasteiger partial charge in [0.05, 0.1) is 31.5 Å². The summed E-state index contributed by atoms with van der Waals surface area (Å²) in [6, 6.07) is 6.51. The highest BCUT2D eigenvalue weighted by atomic mass is 19.1. The van der Waals surface area contributed by atoms with Crippen LogP contribution in [0, 0.1) is 5.82 Å². The third-order valence-corrected chi connectivity index (χ3v) is 3.50. The summed E-state index contributed by atoms with van der Waals surface area (Å²) in [5, 5.41) is 10.0. The third-order valence-electron chi connectivity index (χ3n) is 3.50. The molecule has 1 N–H and O–H groups in total. The van der Waals surface area contributed by atoms with Crippen LogP contribution < -0.4 is 0 Å². The van der Waals surface area contributed by atoms with E-state index >= 15 is 0 Å². The third kappa shape index (κ3) is 5.36. The molecule has 1 aliphatic rings.